The van der Waals surface area contributed by atoms with Crippen molar-refractivity contribution in [3.63, 3.8) is 0 Å². The topological polar surface area (TPSA) is 65.9 Å². The first kappa shape index (κ1) is 20.2. The van der Waals surface area contributed by atoms with Crippen molar-refractivity contribution in [1.29, 1.82) is 0 Å². The van der Waals surface area contributed by atoms with Gasteiger partial charge in [0.05, 0.1) is 6.54 Å². The SMILES string of the molecule is CC[NH+](CC(=O)Nc1ccc(N2CCCCC2)cc1)CC(=O)NC(C)C. The number of piperidine rings is 1. The summed E-state index contributed by atoms with van der Waals surface area (Å²) in [4.78, 5) is 27.5. The Bertz CT molecular complexity index is 580. The predicted molar refractivity (Wildman–Crippen MR) is 106 cm³/mol. The van der Waals surface area contributed by atoms with Crippen LogP contribution < -0.4 is 20.4 Å². The van der Waals surface area contributed by atoms with E-state index in [1.54, 1.807) is 0 Å². The first-order valence-electron chi connectivity index (χ1n) is 9.75. The molecule has 6 nitrogen and oxygen atoms in total. The van der Waals surface area contributed by atoms with Gasteiger partial charge in [0.2, 0.25) is 0 Å². The Kier molecular flexibility index (Phi) is 7.91. The summed E-state index contributed by atoms with van der Waals surface area (Å²) in [5, 5.41) is 5.81. The summed E-state index contributed by atoms with van der Waals surface area (Å²) in [6.45, 7) is 9.41. The number of hydrogen-bond donors (Lipinski definition) is 3. The number of hydrogen-bond acceptors (Lipinski definition) is 3. The van der Waals surface area contributed by atoms with Crippen LogP contribution in [0.5, 0.6) is 0 Å². The second-order valence-electron chi connectivity index (χ2n) is 7.32. The quantitative estimate of drug-likeness (QED) is 0.648. The molecule has 1 heterocycles. The summed E-state index contributed by atoms with van der Waals surface area (Å²) in [7, 11) is 0. The van der Waals surface area contributed by atoms with Crippen molar-refractivity contribution >= 4 is 23.2 Å². The van der Waals surface area contributed by atoms with Crippen molar-refractivity contribution in [2.75, 3.05) is 42.9 Å². The van der Waals surface area contributed by atoms with E-state index >= 15 is 0 Å². The molecular formula is C20H33N4O2+. The van der Waals surface area contributed by atoms with Gasteiger partial charge in [-0.05, 0) is 64.3 Å². The van der Waals surface area contributed by atoms with Gasteiger partial charge in [0.1, 0.15) is 0 Å². The number of rotatable bonds is 8. The van der Waals surface area contributed by atoms with E-state index in [1.807, 2.05) is 32.9 Å². The third kappa shape index (κ3) is 6.67. The number of benzene rings is 1. The monoisotopic (exact) mass is 361 g/mol. The molecule has 2 rings (SSSR count). The van der Waals surface area contributed by atoms with Gasteiger partial charge in [0, 0.05) is 30.5 Å². The van der Waals surface area contributed by atoms with Crippen molar-refractivity contribution in [1.82, 2.24) is 5.32 Å². The lowest BCUT2D eigenvalue weighted by atomic mass is 10.1. The zero-order chi connectivity index (χ0) is 18.9. The van der Waals surface area contributed by atoms with Gasteiger partial charge in [-0.1, -0.05) is 0 Å². The van der Waals surface area contributed by atoms with Gasteiger partial charge in [-0.3, -0.25) is 9.59 Å². The third-order valence-electron chi connectivity index (χ3n) is 4.64. The molecule has 1 aliphatic rings. The number of anilines is 2. The summed E-state index contributed by atoms with van der Waals surface area (Å²) < 4.78 is 0. The fourth-order valence-corrected chi connectivity index (χ4v) is 3.25. The van der Waals surface area contributed by atoms with Crippen LogP contribution in [0.3, 0.4) is 0 Å². The molecule has 1 atom stereocenters. The van der Waals surface area contributed by atoms with Crippen LogP contribution in [0.1, 0.15) is 40.0 Å². The van der Waals surface area contributed by atoms with Crippen LogP contribution >= 0.6 is 0 Å². The Morgan fingerprint density at radius 3 is 2.23 bits per heavy atom. The summed E-state index contributed by atoms with van der Waals surface area (Å²) in [6.07, 6.45) is 3.81. The number of likely N-dealkylation sites (N-methyl/N-ethyl adjacent to an activating group) is 1. The van der Waals surface area contributed by atoms with E-state index < -0.39 is 0 Å². The normalized spacial score (nSPS) is 15.6. The van der Waals surface area contributed by atoms with E-state index in [2.05, 4.69) is 27.7 Å². The maximum Gasteiger partial charge on any atom is 0.279 e. The molecule has 0 spiro atoms. The van der Waals surface area contributed by atoms with E-state index in [0.29, 0.717) is 6.54 Å². The average Bonchev–Trinajstić information content (AvgIpc) is 2.61. The highest BCUT2D eigenvalue weighted by Gasteiger charge is 2.17. The van der Waals surface area contributed by atoms with Gasteiger partial charge in [-0.15, -0.1) is 0 Å². The molecule has 0 aliphatic carbocycles. The lowest BCUT2D eigenvalue weighted by Gasteiger charge is -2.28. The second-order valence-corrected chi connectivity index (χ2v) is 7.32. The van der Waals surface area contributed by atoms with E-state index in [-0.39, 0.29) is 24.4 Å². The Morgan fingerprint density at radius 2 is 1.65 bits per heavy atom. The zero-order valence-corrected chi connectivity index (χ0v) is 16.3. The maximum atomic E-state index is 12.3. The molecule has 0 radical (unpaired) electrons. The summed E-state index contributed by atoms with van der Waals surface area (Å²) >= 11 is 0. The molecule has 0 bridgehead atoms. The first-order valence-corrected chi connectivity index (χ1v) is 9.75. The number of nitrogens with zero attached hydrogens (tertiary/aromatic N) is 1. The lowest BCUT2D eigenvalue weighted by Crippen LogP contribution is -3.14. The smallest absolute Gasteiger partial charge is 0.279 e. The fraction of sp³-hybridized carbons (Fsp3) is 0.600. The molecule has 1 aliphatic heterocycles. The molecule has 144 valence electrons. The third-order valence-corrected chi connectivity index (χ3v) is 4.64. The Hall–Kier alpha value is -2.08. The molecule has 26 heavy (non-hydrogen) atoms. The highest BCUT2D eigenvalue weighted by molar-refractivity contribution is 5.91. The standard InChI is InChI=1S/C20H32N4O2/c1-4-23(14-19(25)21-16(2)3)15-20(26)22-17-8-10-18(11-9-17)24-12-6-5-7-13-24/h8-11,16H,4-7,12-15H2,1-3H3,(H,21,25)(H,22,26)/p+1. The Labute approximate surface area is 156 Å². The van der Waals surface area contributed by atoms with Crippen LogP contribution in [-0.2, 0) is 9.59 Å². The molecule has 3 N–H and O–H groups in total. The zero-order valence-electron chi connectivity index (χ0n) is 16.3. The van der Waals surface area contributed by atoms with Gasteiger partial charge in [-0.2, -0.15) is 0 Å². The van der Waals surface area contributed by atoms with Crippen molar-refractivity contribution in [3.05, 3.63) is 24.3 Å². The molecule has 1 unspecified atom stereocenters. The average molecular weight is 362 g/mol. The fourth-order valence-electron chi connectivity index (χ4n) is 3.25. The number of carbonyl (C=O) groups is 2. The predicted octanol–water partition coefficient (Wildman–Crippen LogP) is 1.04. The lowest BCUT2D eigenvalue weighted by molar-refractivity contribution is -0.881. The molecule has 1 saturated heterocycles. The molecule has 1 aromatic rings. The number of nitrogens with one attached hydrogen (secondary N) is 3. The number of quaternary nitrogens is 1. The second kappa shape index (κ2) is 10.2. The largest absolute Gasteiger partial charge is 0.372 e. The Balaban J connectivity index is 1.83. The van der Waals surface area contributed by atoms with Crippen molar-refractivity contribution in [2.45, 2.75) is 46.1 Å². The highest BCUT2D eigenvalue weighted by atomic mass is 16.2. The van der Waals surface area contributed by atoms with Gasteiger partial charge in [-0.25, -0.2) is 0 Å². The minimum Gasteiger partial charge on any atom is -0.372 e. The van der Waals surface area contributed by atoms with Crippen LogP contribution in [0.2, 0.25) is 0 Å². The van der Waals surface area contributed by atoms with Crippen molar-refractivity contribution in [3.8, 4) is 0 Å². The molecule has 0 saturated carbocycles. The van der Waals surface area contributed by atoms with Crippen LogP contribution in [0.25, 0.3) is 0 Å². The van der Waals surface area contributed by atoms with Crippen molar-refractivity contribution in [2.24, 2.45) is 0 Å². The first-order chi connectivity index (χ1) is 12.5. The highest BCUT2D eigenvalue weighted by Crippen LogP contribution is 2.21. The minimum absolute atomic E-state index is 0.0180. The van der Waals surface area contributed by atoms with E-state index in [0.717, 1.165) is 30.2 Å². The van der Waals surface area contributed by atoms with Gasteiger partial charge in [0.25, 0.3) is 11.8 Å². The van der Waals surface area contributed by atoms with Crippen LogP contribution in [-0.4, -0.2) is 50.6 Å². The van der Waals surface area contributed by atoms with Crippen LogP contribution in [0.15, 0.2) is 24.3 Å². The summed E-state index contributed by atoms with van der Waals surface area (Å²) in [5.41, 5.74) is 2.02. The molecule has 6 heteroatoms. The molecule has 1 fully saturated rings. The molecule has 0 aromatic heterocycles. The molecular weight excluding hydrogens is 328 g/mol. The Morgan fingerprint density at radius 1 is 1.04 bits per heavy atom. The van der Waals surface area contributed by atoms with Crippen molar-refractivity contribution < 1.29 is 14.5 Å². The van der Waals surface area contributed by atoms with E-state index in [9.17, 15) is 9.59 Å². The van der Waals surface area contributed by atoms with Gasteiger partial charge < -0.3 is 20.4 Å². The maximum absolute atomic E-state index is 12.3. The minimum atomic E-state index is -0.0649. The van der Waals surface area contributed by atoms with E-state index in [1.165, 1.54) is 24.9 Å². The molecule has 2 amide bonds. The van der Waals surface area contributed by atoms with Gasteiger partial charge >= 0.3 is 0 Å². The summed E-state index contributed by atoms with van der Waals surface area (Å²) in [5.74, 6) is -0.0829. The number of carbonyl (C=O) groups excluding carboxylic acids is 2. The van der Waals surface area contributed by atoms with Crippen LogP contribution in [0, 0.1) is 0 Å². The van der Waals surface area contributed by atoms with Gasteiger partial charge in [0.15, 0.2) is 13.1 Å². The summed E-state index contributed by atoms with van der Waals surface area (Å²) in [6, 6.07) is 8.17. The van der Waals surface area contributed by atoms with E-state index in [4.69, 9.17) is 0 Å². The number of amides is 2. The molecule has 1 aromatic carbocycles. The van der Waals surface area contributed by atoms with Crippen LogP contribution in [0.4, 0.5) is 11.4 Å².